The first-order chi connectivity index (χ1) is 11.6. The molecule has 0 spiro atoms. The summed E-state index contributed by atoms with van der Waals surface area (Å²) in [5, 5.41) is -0.330. The topological polar surface area (TPSA) is 46.6 Å². The molecule has 0 unspecified atom stereocenters. The van der Waals surface area contributed by atoms with Gasteiger partial charge in [-0.3, -0.25) is 14.5 Å². The number of ether oxygens (including phenoxy) is 1. The third-order valence-corrected chi connectivity index (χ3v) is 4.45. The van der Waals surface area contributed by atoms with E-state index in [9.17, 15) is 14.0 Å². The molecule has 0 aliphatic carbocycles. The third kappa shape index (κ3) is 3.49. The number of rotatable bonds is 4. The minimum Gasteiger partial charge on any atom is -0.497 e. The molecule has 2 aromatic carbocycles. The summed E-state index contributed by atoms with van der Waals surface area (Å²) in [7, 11) is 1.58. The summed E-state index contributed by atoms with van der Waals surface area (Å²) in [6.45, 7) is 0.130. The highest BCUT2D eigenvalue weighted by Gasteiger charge is 2.34. The monoisotopic (exact) mass is 343 g/mol. The Morgan fingerprint density at radius 1 is 1.08 bits per heavy atom. The second-order valence-corrected chi connectivity index (χ2v) is 6.16. The van der Waals surface area contributed by atoms with Crippen molar-refractivity contribution in [3.05, 3.63) is 70.4 Å². The van der Waals surface area contributed by atoms with Crippen LogP contribution >= 0.6 is 11.8 Å². The smallest absolute Gasteiger partial charge is 0.293 e. The average Bonchev–Trinajstić information content (AvgIpc) is 2.85. The van der Waals surface area contributed by atoms with E-state index in [1.165, 1.54) is 12.1 Å². The number of imide groups is 1. The molecule has 1 saturated heterocycles. The van der Waals surface area contributed by atoms with E-state index in [0.29, 0.717) is 10.5 Å². The molecule has 0 atom stereocenters. The Morgan fingerprint density at radius 3 is 2.38 bits per heavy atom. The molecule has 0 radical (unpaired) electrons. The zero-order valence-electron chi connectivity index (χ0n) is 12.9. The quantitative estimate of drug-likeness (QED) is 0.785. The zero-order valence-corrected chi connectivity index (χ0v) is 13.7. The molecule has 24 heavy (non-hydrogen) atoms. The fourth-order valence-electron chi connectivity index (χ4n) is 2.26. The highest BCUT2D eigenvalue weighted by atomic mass is 32.2. The van der Waals surface area contributed by atoms with Crippen molar-refractivity contribution in [2.75, 3.05) is 7.11 Å². The minimum atomic E-state index is -0.354. The lowest BCUT2D eigenvalue weighted by Gasteiger charge is -2.12. The van der Waals surface area contributed by atoms with Crippen molar-refractivity contribution in [3.8, 4) is 5.75 Å². The maximum atomic E-state index is 12.9. The second-order valence-electron chi connectivity index (χ2n) is 5.17. The molecule has 4 nitrogen and oxygen atoms in total. The molecule has 2 aromatic rings. The molecule has 1 fully saturated rings. The van der Waals surface area contributed by atoms with E-state index >= 15 is 0 Å². The van der Waals surface area contributed by atoms with Gasteiger partial charge in [-0.15, -0.1) is 0 Å². The van der Waals surface area contributed by atoms with Crippen LogP contribution in [0.5, 0.6) is 5.75 Å². The number of benzene rings is 2. The van der Waals surface area contributed by atoms with Crippen molar-refractivity contribution in [1.82, 2.24) is 4.90 Å². The van der Waals surface area contributed by atoms with Crippen molar-refractivity contribution in [3.63, 3.8) is 0 Å². The van der Waals surface area contributed by atoms with Crippen LogP contribution in [0.1, 0.15) is 11.1 Å². The number of nitrogens with zero attached hydrogens (tertiary/aromatic N) is 1. The number of hydrogen-bond acceptors (Lipinski definition) is 4. The summed E-state index contributed by atoms with van der Waals surface area (Å²) in [5.74, 6) is 0.0222. The Hall–Kier alpha value is -2.60. The maximum absolute atomic E-state index is 12.9. The summed E-state index contributed by atoms with van der Waals surface area (Å²) >= 11 is 0.902. The molecule has 122 valence electrons. The Balaban J connectivity index is 1.77. The number of halogens is 1. The van der Waals surface area contributed by atoms with Gasteiger partial charge in [0.05, 0.1) is 18.6 Å². The van der Waals surface area contributed by atoms with Crippen LogP contribution in [0.2, 0.25) is 0 Å². The van der Waals surface area contributed by atoms with Crippen molar-refractivity contribution in [2.45, 2.75) is 6.54 Å². The van der Waals surface area contributed by atoms with Gasteiger partial charge in [-0.05, 0) is 53.2 Å². The number of carbonyl (C=O) groups excluding carboxylic acids is 2. The van der Waals surface area contributed by atoms with Crippen molar-refractivity contribution in [1.29, 1.82) is 0 Å². The molecule has 0 bridgehead atoms. The van der Waals surface area contributed by atoms with E-state index in [-0.39, 0.29) is 23.5 Å². The number of amides is 2. The van der Waals surface area contributed by atoms with Gasteiger partial charge in [0.15, 0.2) is 0 Å². The van der Waals surface area contributed by atoms with Crippen LogP contribution in [0, 0.1) is 5.82 Å². The summed E-state index contributed by atoms with van der Waals surface area (Å²) in [5.41, 5.74) is 1.51. The van der Waals surface area contributed by atoms with Crippen LogP contribution in [-0.4, -0.2) is 23.2 Å². The predicted molar refractivity (Wildman–Crippen MR) is 90.9 cm³/mol. The Labute approximate surface area is 142 Å². The van der Waals surface area contributed by atoms with Crippen LogP contribution in [0.25, 0.3) is 6.08 Å². The van der Waals surface area contributed by atoms with E-state index in [4.69, 9.17) is 4.74 Å². The van der Waals surface area contributed by atoms with E-state index in [2.05, 4.69) is 0 Å². The largest absolute Gasteiger partial charge is 0.497 e. The van der Waals surface area contributed by atoms with Crippen LogP contribution in [-0.2, 0) is 11.3 Å². The van der Waals surface area contributed by atoms with Gasteiger partial charge in [0.2, 0.25) is 0 Å². The van der Waals surface area contributed by atoms with Gasteiger partial charge in [0.25, 0.3) is 11.1 Å². The van der Waals surface area contributed by atoms with Crippen LogP contribution in [0.15, 0.2) is 53.4 Å². The van der Waals surface area contributed by atoms with Gasteiger partial charge in [0, 0.05) is 0 Å². The molecule has 1 aliphatic heterocycles. The van der Waals surface area contributed by atoms with Gasteiger partial charge in [-0.1, -0.05) is 24.3 Å². The summed E-state index contributed by atoms with van der Waals surface area (Å²) < 4.78 is 18.0. The van der Waals surface area contributed by atoms with Gasteiger partial charge < -0.3 is 4.74 Å². The van der Waals surface area contributed by atoms with Crippen molar-refractivity contribution >= 4 is 29.0 Å². The lowest BCUT2D eigenvalue weighted by molar-refractivity contribution is -0.123. The van der Waals surface area contributed by atoms with Crippen LogP contribution in [0.3, 0.4) is 0 Å². The average molecular weight is 343 g/mol. The summed E-state index contributed by atoms with van der Waals surface area (Å²) in [4.78, 5) is 26.0. The van der Waals surface area contributed by atoms with Crippen molar-refractivity contribution in [2.24, 2.45) is 0 Å². The van der Waals surface area contributed by atoms with Crippen LogP contribution < -0.4 is 4.74 Å². The van der Waals surface area contributed by atoms with Crippen LogP contribution in [0.4, 0.5) is 9.18 Å². The number of carbonyl (C=O) groups is 2. The lowest BCUT2D eigenvalue weighted by Crippen LogP contribution is -2.27. The first-order valence-electron chi connectivity index (χ1n) is 7.20. The normalized spacial score (nSPS) is 16.1. The highest BCUT2D eigenvalue weighted by molar-refractivity contribution is 8.18. The Morgan fingerprint density at radius 2 is 1.75 bits per heavy atom. The number of hydrogen-bond donors (Lipinski definition) is 0. The first-order valence-corrected chi connectivity index (χ1v) is 8.02. The standard InChI is InChI=1S/C18H14FNO3S/c1-23-15-8-4-12(5-9-15)10-16-17(21)20(18(22)24-16)11-13-2-6-14(19)7-3-13/h2-10H,11H2,1H3/b16-10-. The minimum absolute atomic E-state index is 0.130. The fourth-order valence-corrected chi connectivity index (χ4v) is 3.10. The van der Waals surface area contributed by atoms with E-state index in [0.717, 1.165) is 28.0 Å². The van der Waals surface area contributed by atoms with E-state index in [1.807, 2.05) is 12.1 Å². The summed E-state index contributed by atoms with van der Waals surface area (Å²) in [6, 6.07) is 12.9. The molecule has 1 heterocycles. The molecule has 2 amide bonds. The molecule has 3 rings (SSSR count). The van der Waals surface area contributed by atoms with Gasteiger partial charge >= 0.3 is 0 Å². The molecular formula is C18H14FNO3S. The SMILES string of the molecule is COc1ccc(/C=C2\SC(=O)N(Cc3ccc(F)cc3)C2=O)cc1. The van der Waals surface area contributed by atoms with E-state index in [1.54, 1.807) is 37.5 Å². The summed E-state index contributed by atoms with van der Waals surface area (Å²) in [6.07, 6.45) is 1.68. The van der Waals surface area contributed by atoms with E-state index < -0.39 is 0 Å². The second kappa shape index (κ2) is 6.88. The first kappa shape index (κ1) is 16.3. The molecule has 0 saturated carbocycles. The molecule has 6 heteroatoms. The Kier molecular flexibility index (Phi) is 4.66. The number of methoxy groups -OCH3 is 1. The van der Waals surface area contributed by atoms with Crippen molar-refractivity contribution < 1.29 is 18.7 Å². The number of thioether (sulfide) groups is 1. The van der Waals surface area contributed by atoms with Gasteiger partial charge in [-0.25, -0.2) is 4.39 Å². The maximum Gasteiger partial charge on any atom is 0.293 e. The molecular weight excluding hydrogens is 329 g/mol. The molecule has 1 aliphatic rings. The lowest BCUT2D eigenvalue weighted by atomic mass is 10.2. The fraction of sp³-hybridized carbons (Fsp3) is 0.111. The van der Waals surface area contributed by atoms with Gasteiger partial charge in [-0.2, -0.15) is 0 Å². The highest BCUT2D eigenvalue weighted by Crippen LogP contribution is 2.33. The predicted octanol–water partition coefficient (Wildman–Crippen LogP) is 4.07. The zero-order chi connectivity index (χ0) is 17.1. The molecule has 0 aromatic heterocycles. The Bertz CT molecular complexity index is 800. The molecule has 0 N–H and O–H groups in total. The third-order valence-electron chi connectivity index (χ3n) is 3.54. The van der Waals surface area contributed by atoms with Gasteiger partial charge in [0.1, 0.15) is 11.6 Å².